The topological polar surface area (TPSA) is 105 Å². The quantitative estimate of drug-likeness (QED) is 0.339. The molecular weight excluding hydrogens is 438 g/mol. The number of pyridine rings is 1. The molecule has 0 unspecified atom stereocenters. The molecule has 3 amide bonds. The fourth-order valence-electron chi connectivity index (χ4n) is 3.18. The molecule has 0 atom stereocenters. The summed E-state index contributed by atoms with van der Waals surface area (Å²) < 4.78 is 6.01. The first-order valence-electron chi connectivity index (χ1n) is 10.5. The van der Waals surface area contributed by atoms with Crippen LogP contribution in [-0.4, -0.2) is 21.9 Å². The number of benzene rings is 2. The molecule has 0 saturated heterocycles. The number of carbonyl (C=O) groups is 2. The van der Waals surface area contributed by atoms with Gasteiger partial charge in [0.05, 0.1) is 0 Å². The van der Waals surface area contributed by atoms with Crippen LogP contribution in [0.4, 0.5) is 21.3 Å². The Labute approximate surface area is 194 Å². The largest absolute Gasteiger partial charge is 0.439 e. The number of ether oxygens (including phenoxy) is 1. The molecule has 0 radical (unpaired) electrons. The summed E-state index contributed by atoms with van der Waals surface area (Å²) in [5.41, 5.74) is 2.89. The van der Waals surface area contributed by atoms with Crippen LogP contribution in [0, 0.1) is 12.8 Å². The van der Waals surface area contributed by atoms with E-state index in [0.29, 0.717) is 38.5 Å². The maximum Gasteiger partial charge on any atom is 0.323 e. The van der Waals surface area contributed by atoms with Crippen molar-refractivity contribution in [3.05, 3.63) is 66.2 Å². The maximum atomic E-state index is 12.3. The lowest BCUT2D eigenvalue weighted by Gasteiger charge is -2.11. The van der Waals surface area contributed by atoms with E-state index < -0.39 is 0 Å². The number of nitrogens with one attached hydrogen (secondary N) is 3. The molecule has 1 saturated carbocycles. The van der Waals surface area contributed by atoms with Gasteiger partial charge in [0, 0.05) is 29.4 Å². The van der Waals surface area contributed by atoms with Gasteiger partial charge in [0.15, 0.2) is 5.13 Å². The van der Waals surface area contributed by atoms with Crippen LogP contribution >= 0.6 is 11.3 Å². The number of carbonyl (C=O) groups excluding carboxylic acids is 2. The van der Waals surface area contributed by atoms with Crippen molar-refractivity contribution >= 4 is 50.1 Å². The third-order valence-electron chi connectivity index (χ3n) is 5.10. The molecule has 0 spiro atoms. The SMILES string of the molecule is Cc1ccc(NC(=O)Nc2ccccc2)cc1Oc1ccc2nc(NC(=O)C3CC3)sc2n1. The number of aryl methyl sites for hydroxylation is 1. The summed E-state index contributed by atoms with van der Waals surface area (Å²) >= 11 is 1.31. The van der Waals surface area contributed by atoms with Gasteiger partial charge >= 0.3 is 6.03 Å². The number of anilines is 3. The van der Waals surface area contributed by atoms with E-state index in [2.05, 4.69) is 25.9 Å². The van der Waals surface area contributed by atoms with Crippen molar-refractivity contribution in [1.29, 1.82) is 0 Å². The van der Waals surface area contributed by atoms with Crippen molar-refractivity contribution in [3.8, 4) is 11.6 Å². The minimum atomic E-state index is -0.346. The molecule has 9 heteroatoms. The summed E-state index contributed by atoms with van der Waals surface area (Å²) in [6.07, 6.45) is 1.88. The third-order valence-corrected chi connectivity index (χ3v) is 5.98. The van der Waals surface area contributed by atoms with Gasteiger partial charge in [0.2, 0.25) is 11.8 Å². The molecule has 2 heterocycles. The highest BCUT2D eigenvalue weighted by atomic mass is 32.1. The fourth-order valence-corrected chi connectivity index (χ4v) is 4.01. The molecule has 0 aliphatic heterocycles. The van der Waals surface area contributed by atoms with E-state index in [1.54, 1.807) is 18.2 Å². The lowest BCUT2D eigenvalue weighted by Crippen LogP contribution is -2.19. The van der Waals surface area contributed by atoms with Crippen molar-refractivity contribution in [2.75, 3.05) is 16.0 Å². The number of para-hydroxylation sites is 1. The van der Waals surface area contributed by atoms with Gasteiger partial charge < -0.3 is 20.7 Å². The molecule has 1 aliphatic carbocycles. The summed E-state index contributed by atoms with van der Waals surface area (Å²) in [5, 5.41) is 8.99. The van der Waals surface area contributed by atoms with E-state index in [4.69, 9.17) is 4.74 Å². The number of fused-ring (bicyclic) bond motifs is 1. The maximum absolute atomic E-state index is 12.3. The Hall–Kier alpha value is -3.98. The van der Waals surface area contributed by atoms with Gasteiger partial charge in [0.25, 0.3) is 0 Å². The number of hydrogen-bond acceptors (Lipinski definition) is 6. The lowest BCUT2D eigenvalue weighted by molar-refractivity contribution is -0.117. The number of aromatic nitrogens is 2. The first-order chi connectivity index (χ1) is 16.0. The van der Waals surface area contributed by atoms with Crippen LogP contribution in [0.25, 0.3) is 10.3 Å². The minimum absolute atomic E-state index is 0.0155. The summed E-state index contributed by atoms with van der Waals surface area (Å²) in [6.45, 7) is 1.92. The Bertz CT molecular complexity index is 1330. The van der Waals surface area contributed by atoms with E-state index in [-0.39, 0.29) is 17.9 Å². The normalized spacial score (nSPS) is 12.9. The van der Waals surface area contributed by atoms with Gasteiger partial charge in [0.1, 0.15) is 16.1 Å². The molecule has 2 aromatic carbocycles. The highest BCUT2D eigenvalue weighted by Gasteiger charge is 2.30. The zero-order valence-electron chi connectivity index (χ0n) is 17.8. The van der Waals surface area contributed by atoms with Crippen molar-refractivity contribution in [2.45, 2.75) is 19.8 Å². The molecule has 2 aromatic heterocycles. The Morgan fingerprint density at radius 3 is 2.52 bits per heavy atom. The number of nitrogens with zero attached hydrogens (tertiary/aromatic N) is 2. The molecule has 3 N–H and O–H groups in total. The highest BCUT2D eigenvalue weighted by molar-refractivity contribution is 7.21. The molecule has 0 bridgehead atoms. The number of rotatable bonds is 6. The summed E-state index contributed by atoms with van der Waals surface area (Å²) in [5.74, 6) is 1.11. The van der Waals surface area contributed by atoms with Crippen molar-refractivity contribution in [1.82, 2.24) is 9.97 Å². The van der Waals surface area contributed by atoms with Crippen LogP contribution in [0.5, 0.6) is 11.6 Å². The Kier molecular flexibility index (Phi) is 5.62. The smallest absolute Gasteiger partial charge is 0.323 e. The van der Waals surface area contributed by atoms with Crippen LogP contribution in [0.2, 0.25) is 0 Å². The molecule has 5 rings (SSSR count). The zero-order chi connectivity index (χ0) is 22.8. The van der Waals surface area contributed by atoms with Crippen molar-refractivity contribution in [3.63, 3.8) is 0 Å². The van der Waals surface area contributed by atoms with E-state index in [1.807, 2.05) is 49.4 Å². The van der Waals surface area contributed by atoms with Crippen molar-refractivity contribution < 1.29 is 14.3 Å². The lowest BCUT2D eigenvalue weighted by atomic mass is 10.2. The summed E-state index contributed by atoms with van der Waals surface area (Å²) in [4.78, 5) is 33.9. The molecular formula is C24H21N5O3S. The van der Waals surface area contributed by atoms with Crippen LogP contribution in [0.1, 0.15) is 18.4 Å². The number of hydrogen-bond donors (Lipinski definition) is 3. The number of amides is 3. The van der Waals surface area contributed by atoms with Crippen molar-refractivity contribution in [2.24, 2.45) is 5.92 Å². The van der Waals surface area contributed by atoms with Crippen LogP contribution in [-0.2, 0) is 4.79 Å². The van der Waals surface area contributed by atoms with E-state index >= 15 is 0 Å². The third kappa shape index (κ3) is 5.09. The van der Waals surface area contributed by atoms with Crippen LogP contribution in [0.3, 0.4) is 0 Å². The Morgan fingerprint density at radius 1 is 0.939 bits per heavy atom. The molecule has 166 valence electrons. The highest BCUT2D eigenvalue weighted by Crippen LogP contribution is 2.33. The second kappa shape index (κ2) is 8.87. The zero-order valence-corrected chi connectivity index (χ0v) is 18.6. The number of urea groups is 1. The molecule has 8 nitrogen and oxygen atoms in total. The Morgan fingerprint density at radius 2 is 1.73 bits per heavy atom. The van der Waals surface area contributed by atoms with Gasteiger partial charge in [-0.2, -0.15) is 0 Å². The first-order valence-corrected chi connectivity index (χ1v) is 11.4. The van der Waals surface area contributed by atoms with E-state index in [9.17, 15) is 9.59 Å². The van der Waals surface area contributed by atoms with Gasteiger partial charge in [-0.05, 0) is 49.6 Å². The monoisotopic (exact) mass is 459 g/mol. The predicted octanol–water partition coefficient (Wildman–Crippen LogP) is 5.78. The molecule has 33 heavy (non-hydrogen) atoms. The summed E-state index contributed by atoms with van der Waals surface area (Å²) in [6, 6.07) is 17.8. The fraction of sp³-hybridized carbons (Fsp3) is 0.167. The van der Waals surface area contributed by atoms with E-state index in [0.717, 1.165) is 18.4 Å². The second-order valence-electron chi connectivity index (χ2n) is 7.78. The number of thiazole rings is 1. The Balaban J connectivity index is 1.29. The predicted molar refractivity (Wildman–Crippen MR) is 129 cm³/mol. The van der Waals surface area contributed by atoms with Gasteiger partial charge in [-0.1, -0.05) is 35.6 Å². The second-order valence-corrected chi connectivity index (χ2v) is 8.76. The van der Waals surface area contributed by atoms with E-state index in [1.165, 1.54) is 11.3 Å². The van der Waals surface area contributed by atoms with Crippen LogP contribution in [0.15, 0.2) is 60.7 Å². The van der Waals surface area contributed by atoms with Gasteiger partial charge in [-0.3, -0.25) is 4.79 Å². The van der Waals surface area contributed by atoms with Crippen LogP contribution < -0.4 is 20.7 Å². The standard InChI is InChI=1S/C24H21N5O3S/c1-14-7-10-17(26-23(31)25-16-5-3-2-4-6-16)13-19(14)32-20-12-11-18-22(28-20)33-24(27-18)29-21(30)15-8-9-15/h2-7,10-13,15H,8-9H2,1H3,(H2,25,26,31)(H,27,29,30). The average molecular weight is 460 g/mol. The average Bonchev–Trinajstić information content (AvgIpc) is 3.57. The molecule has 1 aliphatic rings. The van der Waals surface area contributed by atoms with Gasteiger partial charge in [-0.25, -0.2) is 14.8 Å². The van der Waals surface area contributed by atoms with Gasteiger partial charge in [-0.15, -0.1) is 0 Å². The summed E-state index contributed by atoms with van der Waals surface area (Å²) in [7, 11) is 0. The molecule has 4 aromatic rings. The first kappa shape index (κ1) is 20.9. The minimum Gasteiger partial charge on any atom is -0.439 e. The molecule has 1 fully saturated rings.